The minimum absolute atomic E-state index is 0.132. The number of carboxylic acid groups (broad SMARTS) is 1. The molecule has 3 aromatic rings. The van der Waals surface area contributed by atoms with E-state index in [1.807, 2.05) is 13.0 Å². The Balaban J connectivity index is 1.88. The zero-order valence-electron chi connectivity index (χ0n) is 19.7. The van der Waals surface area contributed by atoms with Crippen molar-refractivity contribution in [2.75, 3.05) is 13.6 Å². The van der Waals surface area contributed by atoms with E-state index in [4.69, 9.17) is 14.6 Å². The van der Waals surface area contributed by atoms with Crippen molar-refractivity contribution in [3.8, 4) is 22.2 Å². The largest absolute Gasteiger partial charge is 0.481 e. The van der Waals surface area contributed by atoms with Crippen LogP contribution in [0.3, 0.4) is 0 Å². The lowest BCUT2D eigenvalue weighted by atomic mass is 9.93. The second-order valence-electron chi connectivity index (χ2n) is 8.25. The molecule has 32 heavy (non-hydrogen) atoms. The molecule has 1 aromatic carbocycles. The lowest BCUT2D eigenvalue weighted by molar-refractivity contribution is -0.136. The molecule has 3 rings (SSSR count). The topological polar surface area (TPSA) is 79.5 Å². The number of aryl methyl sites for hydroxylation is 3. The molecule has 2 heterocycles. The second-order valence-corrected chi connectivity index (χ2v) is 9.39. The van der Waals surface area contributed by atoms with Crippen LogP contribution in [-0.4, -0.2) is 39.7 Å². The Morgan fingerprint density at radius 2 is 1.91 bits per heavy atom. The number of benzene rings is 1. The van der Waals surface area contributed by atoms with E-state index in [1.165, 1.54) is 10.4 Å². The van der Waals surface area contributed by atoms with Crippen molar-refractivity contribution in [1.82, 2.24) is 15.0 Å². The van der Waals surface area contributed by atoms with E-state index >= 15 is 0 Å². The van der Waals surface area contributed by atoms with Crippen LogP contribution >= 0.6 is 11.3 Å². The first-order valence-corrected chi connectivity index (χ1v) is 12.2. The van der Waals surface area contributed by atoms with Crippen LogP contribution in [0.5, 0.6) is 0 Å². The summed E-state index contributed by atoms with van der Waals surface area (Å²) in [4.78, 5) is 20.4. The first-order chi connectivity index (χ1) is 15.4. The van der Waals surface area contributed by atoms with Crippen molar-refractivity contribution in [1.29, 1.82) is 0 Å². The minimum Gasteiger partial charge on any atom is -0.481 e. The quantitative estimate of drug-likeness (QED) is 0.396. The molecule has 7 heteroatoms. The van der Waals surface area contributed by atoms with Crippen LogP contribution in [-0.2, 0) is 30.6 Å². The van der Waals surface area contributed by atoms with Gasteiger partial charge < -0.3 is 14.5 Å². The van der Waals surface area contributed by atoms with Gasteiger partial charge in [0.05, 0.1) is 4.88 Å². The molecule has 0 amide bonds. The third-order valence-electron chi connectivity index (χ3n) is 5.73. The van der Waals surface area contributed by atoms with Gasteiger partial charge in [-0.3, -0.25) is 4.79 Å². The van der Waals surface area contributed by atoms with Gasteiger partial charge in [0, 0.05) is 23.4 Å². The number of carbonyl (C=O) groups is 1. The van der Waals surface area contributed by atoms with Gasteiger partial charge in [0.2, 0.25) is 5.82 Å². The Hall–Kier alpha value is -2.51. The van der Waals surface area contributed by atoms with Gasteiger partial charge in [-0.15, -0.1) is 11.3 Å². The number of hydrogen-bond acceptors (Lipinski definition) is 6. The van der Waals surface area contributed by atoms with Crippen molar-refractivity contribution in [2.24, 2.45) is 0 Å². The Morgan fingerprint density at radius 1 is 1.16 bits per heavy atom. The fourth-order valence-electron chi connectivity index (χ4n) is 4.08. The molecular weight excluding hydrogens is 422 g/mol. The van der Waals surface area contributed by atoms with Crippen LogP contribution in [0.1, 0.15) is 60.7 Å². The van der Waals surface area contributed by atoms with Crippen molar-refractivity contribution < 1.29 is 14.4 Å². The monoisotopic (exact) mass is 455 g/mol. The molecule has 0 spiro atoms. The van der Waals surface area contributed by atoms with Crippen molar-refractivity contribution >= 4 is 17.3 Å². The fraction of sp³-hybridized carbons (Fsp3) is 0.480. The summed E-state index contributed by atoms with van der Waals surface area (Å²) in [6.45, 7) is 10.5. The maximum Gasteiger partial charge on any atom is 0.303 e. The Labute approximate surface area is 194 Å². The predicted octanol–water partition coefficient (Wildman–Crippen LogP) is 5.76. The molecule has 0 radical (unpaired) electrons. The van der Waals surface area contributed by atoms with Gasteiger partial charge in [0.25, 0.3) is 5.89 Å². The van der Waals surface area contributed by atoms with Crippen LogP contribution in [0.2, 0.25) is 0 Å². The van der Waals surface area contributed by atoms with E-state index in [9.17, 15) is 4.79 Å². The lowest BCUT2D eigenvalue weighted by Crippen LogP contribution is -2.18. The van der Waals surface area contributed by atoms with Crippen molar-refractivity contribution in [3.63, 3.8) is 0 Å². The van der Waals surface area contributed by atoms with Gasteiger partial charge in [-0.1, -0.05) is 25.9 Å². The molecule has 0 atom stereocenters. The highest BCUT2D eigenvalue weighted by Gasteiger charge is 2.18. The van der Waals surface area contributed by atoms with Crippen LogP contribution in [0.4, 0.5) is 0 Å². The third kappa shape index (κ3) is 5.64. The van der Waals surface area contributed by atoms with Crippen molar-refractivity contribution in [3.05, 3.63) is 45.3 Å². The van der Waals surface area contributed by atoms with Gasteiger partial charge >= 0.3 is 5.97 Å². The molecule has 0 bridgehead atoms. The number of hydrogen-bond donors (Lipinski definition) is 1. The molecule has 0 aliphatic heterocycles. The zero-order chi connectivity index (χ0) is 23.3. The average Bonchev–Trinajstić information content (AvgIpc) is 3.39. The standard InChI is InChI=1S/C25H33N3O3S/c1-6-11-28(5)15-22-18(8-3)14-21(32-22)25-26-24(27-31-25)19-12-16(4)20(9-10-23(29)30)17(7-2)13-19/h12-14H,6-11,15H2,1-5H3,(H,29,30). The van der Waals surface area contributed by atoms with Crippen LogP contribution < -0.4 is 0 Å². The highest BCUT2D eigenvalue weighted by molar-refractivity contribution is 7.15. The molecular formula is C25H33N3O3S. The summed E-state index contributed by atoms with van der Waals surface area (Å²) in [7, 11) is 2.15. The summed E-state index contributed by atoms with van der Waals surface area (Å²) in [6.07, 6.45) is 3.61. The third-order valence-corrected chi connectivity index (χ3v) is 6.88. The van der Waals surface area contributed by atoms with Crippen LogP contribution in [0.25, 0.3) is 22.2 Å². The summed E-state index contributed by atoms with van der Waals surface area (Å²) in [5.74, 6) is 0.342. The lowest BCUT2D eigenvalue weighted by Gasteiger charge is -2.15. The Morgan fingerprint density at radius 3 is 2.56 bits per heavy atom. The van der Waals surface area contributed by atoms with E-state index in [-0.39, 0.29) is 6.42 Å². The number of thiophene rings is 1. The van der Waals surface area contributed by atoms with Gasteiger partial charge in [-0.05, 0) is 86.7 Å². The van der Waals surface area contributed by atoms with Gasteiger partial charge in [0.1, 0.15) is 0 Å². The van der Waals surface area contributed by atoms with E-state index < -0.39 is 5.97 Å². The maximum absolute atomic E-state index is 11.0. The van der Waals surface area contributed by atoms with E-state index in [2.05, 4.69) is 50.0 Å². The number of aliphatic carboxylic acids is 1. The molecule has 2 aromatic heterocycles. The molecule has 0 unspecified atom stereocenters. The van der Waals surface area contributed by atoms with Crippen LogP contribution in [0, 0.1) is 6.92 Å². The molecule has 6 nitrogen and oxygen atoms in total. The highest BCUT2D eigenvalue weighted by Crippen LogP contribution is 2.33. The summed E-state index contributed by atoms with van der Waals surface area (Å²) in [5, 5.41) is 13.3. The van der Waals surface area contributed by atoms with E-state index in [0.717, 1.165) is 59.5 Å². The van der Waals surface area contributed by atoms with E-state index in [1.54, 1.807) is 11.3 Å². The normalized spacial score (nSPS) is 11.4. The molecule has 0 saturated heterocycles. The summed E-state index contributed by atoms with van der Waals surface area (Å²) < 4.78 is 5.65. The summed E-state index contributed by atoms with van der Waals surface area (Å²) in [6, 6.07) is 6.27. The molecule has 0 fully saturated rings. The Bertz CT molecular complexity index is 1070. The Kier molecular flexibility index (Phi) is 8.21. The van der Waals surface area contributed by atoms with Crippen LogP contribution in [0.15, 0.2) is 22.7 Å². The average molecular weight is 456 g/mol. The number of rotatable bonds is 11. The molecule has 0 aliphatic carbocycles. The highest BCUT2D eigenvalue weighted by atomic mass is 32.1. The van der Waals surface area contributed by atoms with Gasteiger partial charge in [-0.25, -0.2) is 0 Å². The first kappa shape index (κ1) is 24.1. The summed E-state index contributed by atoms with van der Waals surface area (Å²) >= 11 is 1.73. The molecule has 1 N–H and O–H groups in total. The second kappa shape index (κ2) is 10.9. The predicted molar refractivity (Wildman–Crippen MR) is 129 cm³/mol. The summed E-state index contributed by atoms with van der Waals surface area (Å²) in [5.41, 5.74) is 5.55. The smallest absolute Gasteiger partial charge is 0.303 e. The fourth-order valence-corrected chi connectivity index (χ4v) is 5.33. The minimum atomic E-state index is -0.777. The molecule has 172 valence electrons. The SMILES string of the molecule is CCCN(C)Cc1sc(-c2nc(-c3cc(C)c(CCC(=O)O)c(CC)c3)no2)cc1CC. The number of carboxylic acids is 1. The zero-order valence-corrected chi connectivity index (χ0v) is 20.5. The van der Waals surface area contributed by atoms with Gasteiger partial charge in [0.15, 0.2) is 0 Å². The number of aromatic nitrogens is 2. The molecule has 0 aliphatic rings. The number of nitrogens with zero attached hydrogens (tertiary/aromatic N) is 3. The van der Waals surface area contributed by atoms with E-state index in [0.29, 0.717) is 18.1 Å². The first-order valence-electron chi connectivity index (χ1n) is 11.3. The maximum atomic E-state index is 11.0. The molecule has 0 saturated carbocycles. The van der Waals surface area contributed by atoms with Crippen molar-refractivity contribution in [2.45, 2.75) is 66.3 Å². The van der Waals surface area contributed by atoms with Gasteiger partial charge in [-0.2, -0.15) is 4.98 Å².